The van der Waals surface area contributed by atoms with Gasteiger partial charge in [0.05, 0.1) is 5.92 Å². The highest BCUT2D eigenvalue weighted by Gasteiger charge is 2.74. The van der Waals surface area contributed by atoms with Crippen LogP contribution in [0.5, 0.6) is 0 Å². The molecule has 2 nitrogen and oxygen atoms in total. The van der Waals surface area contributed by atoms with E-state index in [0.717, 1.165) is 0 Å². The largest absolute Gasteiger partial charge is 0.385 e. The van der Waals surface area contributed by atoms with Gasteiger partial charge in [0.15, 0.2) is 5.78 Å². The minimum absolute atomic E-state index is 0.0649. The Bertz CT molecular complexity index is 295. The van der Waals surface area contributed by atoms with Crippen LogP contribution in [-0.4, -0.2) is 19.1 Å². The van der Waals surface area contributed by atoms with Crippen molar-refractivity contribution in [3.63, 3.8) is 0 Å². The third-order valence-corrected chi connectivity index (χ3v) is 5.13. The lowest BCUT2D eigenvalue weighted by atomic mass is 9.92. The minimum Gasteiger partial charge on any atom is -0.385 e. The van der Waals surface area contributed by atoms with E-state index in [1.54, 1.807) is 0 Å². The lowest BCUT2D eigenvalue weighted by Crippen LogP contribution is -2.34. The van der Waals surface area contributed by atoms with Gasteiger partial charge in [0.25, 0.3) is 0 Å². The molecule has 2 unspecified atom stereocenters. The lowest BCUT2D eigenvalue weighted by molar-refractivity contribution is -0.130. The molecule has 2 saturated carbocycles. The van der Waals surface area contributed by atoms with Crippen molar-refractivity contribution in [2.45, 2.75) is 22.1 Å². The number of carbonyl (C=O) groups excluding carboxylic acids is 1. The topological polar surface area (TPSA) is 37.3 Å². The number of rotatable bonds is 0. The molecule has 14 heavy (non-hydrogen) atoms. The Balaban J connectivity index is 2.32. The van der Waals surface area contributed by atoms with Gasteiger partial charge < -0.3 is 5.11 Å². The molecule has 0 aliphatic heterocycles. The quantitative estimate of drug-likeness (QED) is 0.646. The Hall–Kier alpha value is 1.07. The average molecular weight is 391 g/mol. The summed E-state index contributed by atoms with van der Waals surface area (Å²) in [6.07, 6.45) is -0.785. The summed E-state index contributed by atoms with van der Waals surface area (Å²) in [6, 6.07) is 0. The summed E-state index contributed by atoms with van der Waals surface area (Å²) in [5, 5.41) is 9.77. The highest BCUT2D eigenvalue weighted by Crippen LogP contribution is 2.71. The van der Waals surface area contributed by atoms with Crippen LogP contribution in [0.3, 0.4) is 0 Å². The molecule has 4 atom stereocenters. The van der Waals surface area contributed by atoms with E-state index in [-0.39, 0.29) is 29.0 Å². The first-order valence-electron chi connectivity index (χ1n) is 4.47. The third-order valence-electron chi connectivity index (χ3n) is 3.65. The summed E-state index contributed by atoms with van der Waals surface area (Å²) in [5.41, 5.74) is 0.0819. The van der Waals surface area contributed by atoms with E-state index in [1.165, 1.54) is 0 Å². The SMILES string of the molecule is CC1(C)C2C1[C@@H](C(Br)(Br)Br)C(=O)[C@H]2O. The van der Waals surface area contributed by atoms with Crippen molar-refractivity contribution < 1.29 is 9.90 Å². The number of halogens is 3. The van der Waals surface area contributed by atoms with Gasteiger partial charge in [-0.15, -0.1) is 0 Å². The van der Waals surface area contributed by atoms with Crippen molar-refractivity contribution >= 4 is 53.6 Å². The number of ketones is 1. The smallest absolute Gasteiger partial charge is 0.168 e. The van der Waals surface area contributed by atoms with E-state index < -0.39 is 8.25 Å². The van der Waals surface area contributed by atoms with Gasteiger partial charge in [0.1, 0.15) is 8.25 Å². The number of Topliss-reactive ketones (excluding diaryl/α,β-unsaturated/α-hetero) is 1. The second-order valence-electron chi connectivity index (χ2n) is 4.74. The van der Waals surface area contributed by atoms with Crippen LogP contribution in [0.25, 0.3) is 0 Å². The molecule has 2 fully saturated rings. The molecule has 2 aliphatic rings. The third kappa shape index (κ3) is 1.39. The molecule has 5 heteroatoms. The van der Waals surface area contributed by atoms with Gasteiger partial charge in [-0.3, -0.25) is 4.79 Å². The summed E-state index contributed by atoms with van der Waals surface area (Å²) < 4.78 is -0.571. The van der Waals surface area contributed by atoms with Crippen molar-refractivity contribution in [3.8, 4) is 0 Å². The molecule has 0 spiro atoms. The molecule has 0 bridgehead atoms. The van der Waals surface area contributed by atoms with E-state index >= 15 is 0 Å². The standard InChI is InChI=1S/C9H11Br3O2/c1-8(2)3-4(8)6(13)7(14)5(3)9(10,11)12/h3-6,13H,1-2H3/t3?,4?,5-,6+/m1/s1. The van der Waals surface area contributed by atoms with Crippen LogP contribution in [0.1, 0.15) is 13.8 Å². The molecule has 0 aromatic heterocycles. The number of hydrogen-bond acceptors (Lipinski definition) is 2. The summed E-state index contributed by atoms with van der Waals surface area (Å²) in [6.45, 7) is 4.20. The first-order chi connectivity index (χ1) is 6.19. The summed E-state index contributed by atoms with van der Waals surface area (Å²) >= 11 is 10.2. The minimum atomic E-state index is -0.785. The Kier molecular flexibility index (Phi) is 2.52. The highest BCUT2D eigenvalue weighted by atomic mass is 80.0. The first kappa shape index (κ1) is 11.6. The summed E-state index contributed by atoms with van der Waals surface area (Å²) in [4.78, 5) is 11.7. The van der Waals surface area contributed by atoms with Gasteiger partial charge in [0.2, 0.25) is 0 Å². The van der Waals surface area contributed by atoms with Crippen molar-refractivity contribution in [1.82, 2.24) is 0 Å². The number of hydrogen-bond donors (Lipinski definition) is 1. The lowest BCUT2D eigenvalue weighted by Gasteiger charge is -2.25. The monoisotopic (exact) mass is 388 g/mol. The molecule has 2 rings (SSSR count). The normalized spacial score (nSPS) is 45.1. The van der Waals surface area contributed by atoms with Crippen LogP contribution < -0.4 is 0 Å². The number of aliphatic hydroxyl groups is 1. The highest BCUT2D eigenvalue weighted by molar-refractivity contribution is 9.39. The van der Waals surface area contributed by atoms with Crippen LogP contribution in [0.2, 0.25) is 0 Å². The van der Waals surface area contributed by atoms with Gasteiger partial charge in [-0.05, 0) is 11.3 Å². The van der Waals surface area contributed by atoms with E-state index in [0.29, 0.717) is 0 Å². The van der Waals surface area contributed by atoms with Gasteiger partial charge >= 0.3 is 0 Å². The van der Waals surface area contributed by atoms with Crippen LogP contribution in [0.4, 0.5) is 0 Å². The first-order valence-corrected chi connectivity index (χ1v) is 6.85. The van der Waals surface area contributed by atoms with Crippen LogP contribution in [-0.2, 0) is 4.79 Å². The van der Waals surface area contributed by atoms with E-state index in [2.05, 4.69) is 61.6 Å². The molecular formula is C9H11Br3O2. The number of alkyl halides is 3. The maximum Gasteiger partial charge on any atom is 0.168 e. The van der Waals surface area contributed by atoms with E-state index in [9.17, 15) is 9.90 Å². The van der Waals surface area contributed by atoms with Crippen molar-refractivity contribution in [2.24, 2.45) is 23.2 Å². The molecule has 1 N–H and O–H groups in total. The average Bonchev–Trinajstić information content (AvgIpc) is 2.34. The number of carbonyl (C=O) groups is 1. The second kappa shape index (κ2) is 3.05. The van der Waals surface area contributed by atoms with Crippen LogP contribution in [0.15, 0.2) is 0 Å². The fourth-order valence-electron chi connectivity index (χ4n) is 2.86. The molecule has 0 amide bonds. The van der Waals surface area contributed by atoms with Gasteiger partial charge in [-0.1, -0.05) is 61.6 Å². The maximum atomic E-state index is 11.7. The van der Waals surface area contributed by atoms with Gasteiger partial charge in [0, 0.05) is 5.92 Å². The van der Waals surface area contributed by atoms with Crippen molar-refractivity contribution in [1.29, 1.82) is 0 Å². The Morgan fingerprint density at radius 3 is 2.07 bits per heavy atom. The van der Waals surface area contributed by atoms with Gasteiger partial charge in [-0.25, -0.2) is 0 Å². The summed E-state index contributed by atoms with van der Waals surface area (Å²) in [7, 11) is 0. The molecule has 0 heterocycles. The molecular weight excluding hydrogens is 380 g/mol. The second-order valence-corrected chi connectivity index (χ2v) is 11.7. The Morgan fingerprint density at radius 1 is 1.29 bits per heavy atom. The fraction of sp³-hybridized carbons (Fsp3) is 0.889. The molecule has 80 valence electrons. The van der Waals surface area contributed by atoms with Gasteiger partial charge in [-0.2, -0.15) is 0 Å². The van der Waals surface area contributed by atoms with Crippen molar-refractivity contribution in [2.75, 3.05) is 0 Å². The zero-order valence-corrected chi connectivity index (χ0v) is 12.6. The summed E-state index contributed by atoms with van der Waals surface area (Å²) in [5.74, 6) is 0.137. The van der Waals surface area contributed by atoms with Crippen LogP contribution >= 0.6 is 47.8 Å². The predicted octanol–water partition coefficient (Wildman–Crippen LogP) is 2.66. The molecule has 0 aromatic rings. The van der Waals surface area contributed by atoms with E-state index in [4.69, 9.17) is 0 Å². The van der Waals surface area contributed by atoms with Crippen LogP contribution in [0, 0.1) is 23.2 Å². The zero-order valence-electron chi connectivity index (χ0n) is 7.80. The maximum absolute atomic E-state index is 11.7. The van der Waals surface area contributed by atoms with E-state index in [1.807, 2.05) is 0 Å². The Labute approximate surface area is 108 Å². The van der Waals surface area contributed by atoms with Crippen molar-refractivity contribution in [3.05, 3.63) is 0 Å². The Morgan fingerprint density at radius 2 is 1.79 bits per heavy atom. The molecule has 0 saturated heterocycles. The zero-order chi connectivity index (χ0) is 10.9. The molecule has 0 aromatic carbocycles. The number of fused-ring (bicyclic) bond motifs is 1. The fourth-order valence-corrected chi connectivity index (χ4v) is 4.39. The molecule has 0 radical (unpaired) electrons. The predicted molar refractivity (Wildman–Crippen MR) is 64.8 cm³/mol. The number of aliphatic hydroxyl groups excluding tert-OH is 1. The molecule has 2 aliphatic carbocycles.